The Balaban J connectivity index is 2.32. The van der Waals surface area contributed by atoms with E-state index in [1.54, 1.807) is 25.3 Å². The molecule has 8 nitrogen and oxygen atoms in total. The number of carboxylic acid groups (broad SMARTS) is 1. The van der Waals surface area contributed by atoms with Crippen molar-refractivity contribution >= 4 is 17.6 Å². The van der Waals surface area contributed by atoms with Gasteiger partial charge in [-0.05, 0) is 12.1 Å². The molecule has 0 saturated carbocycles. The molecule has 2 rings (SSSR count). The number of esters is 1. The lowest BCUT2D eigenvalue weighted by atomic mass is 10.1. The molecule has 25 heavy (non-hydrogen) atoms. The molecule has 0 spiro atoms. The summed E-state index contributed by atoms with van der Waals surface area (Å²) in [6, 6.07) is 5.28. The summed E-state index contributed by atoms with van der Waals surface area (Å²) in [5, 5.41) is 12.4. The van der Waals surface area contributed by atoms with Crippen molar-refractivity contribution in [3.05, 3.63) is 47.3 Å². The highest BCUT2D eigenvalue weighted by Crippen LogP contribution is 2.26. The molecule has 2 aromatic rings. The second-order valence-electron chi connectivity index (χ2n) is 4.94. The zero-order valence-corrected chi connectivity index (χ0v) is 14.0. The van der Waals surface area contributed by atoms with Gasteiger partial charge in [-0.2, -0.15) is 0 Å². The Labute approximate surface area is 144 Å². The number of nitrogens with zero attached hydrogens (tertiary/aromatic N) is 1. The fraction of sp³-hybridized carbons (Fsp3) is 0.235. The molecule has 0 aliphatic heterocycles. The highest BCUT2D eigenvalue weighted by Gasteiger charge is 2.22. The van der Waals surface area contributed by atoms with Gasteiger partial charge < -0.3 is 24.6 Å². The van der Waals surface area contributed by atoms with Gasteiger partial charge in [0.15, 0.2) is 0 Å². The fourth-order valence-electron chi connectivity index (χ4n) is 2.28. The lowest BCUT2D eigenvalue weighted by Gasteiger charge is -2.14. The first-order chi connectivity index (χ1) is 12.0. The van der Waals surface area contributed by atoms with E-state index in [-0.39, 0.29) is 23.4 Å². The molecule has 0 unspecified atom stereocenters. The second kappa shape index (κ2) is 8.00. The first-order valence-electron chi connectivity index (χ1n) is 7.26. The smallest absolute Gasteiger partial charge is 0.340 e. The standard InChI is InChI=1S/C17H18N2O6/c1-23-11-5-4-10(14(6-11)24-2)7-19-13-9-18-8-12(17(22)25-3)15(13)16(20)21/h4-6,8-9,19H,7H2,1-3H3,(H,20,21). The van der Waals surface area contributed by atoms with Crippen LogP contribution in [0.15, 0.2) is 30.6 Å². The lowest BCUT2D eigenvalue weighted by Crippen LogP contribution is -2.14. The molecule has 0 atom stereocenters. The molecule has 0 saturated heterocycles. The monoisotopic (exact) mass is 346 g/mol. The number of methoxy groups -OCH3 is 3. The number of pyridine rings is 1. The van der Waals surface area contributed by atoms with Crippen molar-refractivity contribution in [1.29, 1.82) is 0 Å². The molecule has 1 heterocycles. The normalized spacial score (nSPS) is 10.0. The van der Waals surface area contributed by atoms with Gasteiger partial charge >= 0.3 is 11.9 Å². The molecule has 0 fully saturated rings. The van der Waals surface area contributed by atoms with Gasteiger partial charge in [-0.25, -0.2) is 9.59 Å². The van der Waals surface area contributed by atoms with Gasteiger partial charge in [-0.15, -0.1) is 0 Å². The number of carbonyl (C=O) groups is 2. The third kappa shape index (κ3) is 3.97. The van der Waals surface area contributed by atoms with Crippen molar-refractivity contribution in [2.45, 2.75) is 6.54 Å². The zero-order valence-electron chi connectivity index (χ0n) is 14.0. The molecular weight excluding hydrogens is 328 g/mol. The zero-order chi connectivity index (χ0) is 18.4. The number of benzene rings is 1. The Hall–Kier alpha value is -3.29. The summed E-state index contributed by atoms with van der Waals surface area (Å²) in [6.07, 6.45) is 2.50. The van der Waals surface area contributed by atoms with E-state index in [1.165, 1.54) is 20.4 Å². The minimum Gasteiger partial charge on any atom is -0.497 e. The number of aromatic carboxylic acids is 1. The summed E-state index contributed by atoms with van der Waals surface area (Å²) in [7, 11) is 4.26. The Bertz CT molecular complexity index is 791. The first kappa shape index (κ1) is 18.1. The number of rotatable bonds is 7. The molecule has 0 bridgehead atoms. The third-order valence-electron chi connectivity index (χ3n) is 3.53. The van der Waals surface area contributed by atoms with E-state index in [2.05, 4.69) is 15.0 Å². The van der Waals surface area contributed by atoms with E-state index in [9.17, 15) is 14.7 Å². The summed E-state index contributed by atoms with van der Waals surface area (Å²) in [5.41, 5.74) is 0.660. The Morgan fingerprint density at radius 1 is 1.16 bits per heavy atom. The van der Waals surface area contributed by atoms with Gasteiger partial charge in [0.25, 0.3) is 0 Å². The van der Waals surface area contributed by atoms with Crippen LogP contribution in [-0.2, 0) is 11.3 Å². The topological polar surface area (TPSA) is 107 Å². The van der Waals surface area contributed by atoms with Gasteiger partial charge in [-0.3, -0.25) is 4.98 Å². The van der Waals surface area contributed by atoms with Gasteiger partial charge in [-0.1, -0.05) is 0 Å². The van der Waals surface area contributed by atoms with Crippen LogP contribution in [0.5, 0.6) is 11.5 Å². The SMILES string of the molecule is COC(=O)c1cncc(NCc2ccc(OC)cc2OC)c1C(=O)O. The van der Waals surface area contributed by atoms with Crippen molar-refractivity contribution in [1.82, 2.24) is 4.98 Å². The van der Waals surface area contributed by atoms with Crippen LogP contribution in [-0.4, -0.2) is 43.4 Å². The average molecular weight is 346 g/mol. The van der Waals surface area contributed by atoms with Gasteiger partial charge in [0.2, 0.25) is 0 Å². The third-order valence-corrected chi connectivity index (χ3v) is 3.53. The molecule has 132 valence electrons. The molecule has 2 N–H and O–H groups in total. The van der Waals surface area contributed by atoms with Crippen LogP contribution < -0.4 is 14.8 Å². The lowest BCUT2D eigenvalue weighted by molar-refractivity contribution is 0.0582. The number of anilines is 1. The van der Waals surface area contributed by atoms with Crippen molar-refractivity contribution in [3.8, 4) is 11.5 Å². The van der Waals surface area contributed by atoms with Gasteiger partial charge in [0, 0.05) is 24.4 Å². The Morgan fingerprint density at radius 3 is 2.52 bits per heavy atom. The Morgan fingerprint density at radius 2 is 1.92 bits per heavy atom. The predicted molar refractivity (Wildman–Crippen MR) is 89.4 cm³/mol. The van der Waals surface area contributed by atoms with Crippen LogP contribution in [0.2, 0.25) is 0 Å². The van der Waals surface area contributed by atoms with Crippen LogP contribution in [0.3, 0.4) is 0 Å². The van der Waals surface area contributed by atoms with Gasteiger partial charge in [0.1, 0.15) is 17.1 Å². The predicted octanol–water partition coefficient (Wildman–Crippen LogP) is 2.20. The van der Waals surface area contributed by atoms with E-state index < -0.39 is 11.9 Å². The Kier molecular flexibility index (Phi) is 5.78. The highest BCUT2D eigenvalue weighted by molar-refractivity contribution is 6.05. The molecular formula is C17H18N2O6. The number of nitrogens with one attached hydrogen (secondary N) is 1. The summed E-state index contributed by atoms with van der Waals surface area (Å²) >= 11 is 0. The van der Waals surface area contributed by atoms with E-state index in [1.807, 2.05) is 0 Å². The van der Waals surface area contributed by atoms with Crippen molar-refractivity contribution in [3.63, 3.8) is 0 Å². The summed E-state index contributed by atoms with van der Waals surface area (Å²) in [5.74, 6) is -0.801. The van der Waals surface area contributed by atoms with Crippen LogP contribution >= 0.6 is 0 Å². The van der Waals surface area contributed by atoms with E-state index in [4.69, 9.17) is 9.47 Å². The first-order valence-corrected chi connectivity index (χ1v) is 7.26. The number of hydrogen-bond acceptors (Lipinski definition) is 7. The maximum absolute atomic E-state index is 11.7. The fourth-order valence-corrected chi connectivity index (χ4v) is 2.28. The average Bonchev–Trinajstić information content (AvgIpc) is 2.64. The molecule has 0 aliphatic rings. The molecule has 0 amide bonds. The van der Waals surface area contributed by atoms with Crippen molar-refractivity contribution in [2.75, 3.05) is 26.6 Å². The van der Waals surface area contributed by atoms with Crippen molar-refractivity contribution < 1.29 is 28.9 Å². The largest absolute Gasteiger partial charge is 0.497 e. The van der Waals surface area contributed by atoms with Crippen LogP contribution in [0.25, 0.3) is 0 Å². The second-order valence-corrected chi connectivity index (χ2v) is 4.94. The number of carbonyl (C=O) groups excluding carboxylic acids is 1. The number of carboxylic acids is 1. The number of ether oxygens (including phenoxy) is 3. The molecule has 8 heteroatoms. The quantitative estimate of drug-likeness (QED) is 0.735. The summed E-state index contributed by atoms with van der Waals surface area (Å²) < 4.78 is 15.1. The number of aromatic nitrogens is 1. The maximum Gasteiger partial charge on any atom is 0.340 e. The molecule has 0 aliphatic carbocycles. The molecule has 1 aromatic heterocycles. The van der Waals surface area contributed by atoms with Crippen molar-refractivity contribution in [2.24, 2.45) is 0 Å². The molecule has 1 aromatic carbocycles. The molecule has 0 radical (unpaired) electrons. The van der Waals surface area contributed by atoms with E-state index in [0.717, 1.165) is 11.8 Å². The summed E-state index contributed by atoms with van der Waals surface area (Å²) in [6.45, 7) is 0.264. The van der Waals surface area contributed by atoms with E-state index >= 15 is 0 Å². The minimum absolute atomic E-state index is 0.123. The van der Waals surface area contributed by atoms with Crippen LogP contribution in [0, 0.1) is 0 Å². The van der Waals surface area contributed by atoms with Crippen LogP contribution in [0.1, 0.15) is 26.3 Å². The highest BCUT2D eigenvalue weighted by atomic mass is 16.5. The van der Waals surface area contributed by atoms with E-state index in [0.29, 0.717) is 11.5 Å². The maximum atomic E-state index is 11.7. The number of hydrogen-bond donors (Lipinski definition) is 2. The summed E-state index contributed by atoms with van der Waals surface area (Å²) in [4.78, 5) is 27.2. The van der Waals surface area contributed by atoms with Crippen LogP contribution in [0.4, 0.5) is 5.69 Å². The van der Waals surface area contributed by atoms with Gasteiger partial charge in [0.05, 0.1) is 38.8 Å². The minimum atomic E-state index is -1.26.